The number of halogens is 1. The third-order valence-electron chi connectivity index (χ3n) is 8.87. The molecule has 1 saturated carbocycles. The summed E-state index contributed by atoms with van der Waals surface area (Å²) >= 11 is 0. The molecule has 2 aromatic carbocycles. The van der Waals surface area contributed by atoms with Gasteiger partial charge < -0.3 is 14.5 Å². The Kier molecular flexibility index (Phi) is 9.24. The number of methoxy groups -OCH3 is 1. The molecule has 6 heteroatoms. The van der Waals surface area contributed by atoms with Crippen LogP contribution in [0.1, 0.15) is 82.0 Å². The van der Waals surface area contributed by atoms with E-state index in [1.807, 2.05) is 24.5 Å². The second-order valence-electron chi connectivity index (χ2n) is 11.4. The van der Waals surface area contributed by atoms with E-state index in [1.54, 1.807) is 6.07 Å². The normalized spacial score (nSPS) is 26.9. The topological polar surface area (TPSA) is 45.1 Å². The molecule has 0 radical (unpaired) electrons. The molecule has 2 aliphatic rings. The Balaban J connectivity index is 1.53. The Bertz CT molecular complexity index is 1080. The van der Waals surface area contributed by atoms with Gasteiger partial charge in [0.1, 0.15) is 5.82 Å². The molecule has 1 aliphatic heterocycles. The van der Waals surface area contributed by atoms with Gasteiger partial charge in [-0.3, -0.25) is 4.99 Å². The lowest BCUT2D eigenvalue weighted by atomic mass is 9.72. The zero-order valence-corrected chi connectivity index (χ0v) is 23.6. The predicted molar refractivity (Wildman–Crippen MR) is 152 cm³/mol. The van der Waals surface area contributed by atoms with E-state index in [1.165, 1.54) is 18.7 Å². The fourth-order valence-electron chi connectivity index (χ4n) is 6.99. The van der Waals surface area contributed by atoms with Gasteiger partial charge in [0.15, 0.2) is 5.54 Å². The van der Waals surface area contributed by atoms with Crippen LogP contribution in [0, 0.1) is 17.7 Å². The smallest absolute Gasteiger partial charge is 0.335 e. The van der Waals surface area contributed by atoms with Gasteiger partial charge in [0.05, 0.1) is 25.5 Å². The van der Waals surface area contributed by atoms with E-state index < -0.39 is 5.54 Å². The molecule has 0 N–H and O–H groups in total. The predicted octanol–water partition coefficient (Wildman–Crippen LogP) is 6.81. The minimum atomic E-state index is -0.864. The highest BCUT2D eigenvalue weighted by Gasteiger charge is 2.53. The van der Waals surface area contributed by atoms with E-state index in [0.29, 0.717) is 18.3 Å². The molecule has 0 amide bonds. The van der Waals surface area contributed by atoms with Crippen LogP contribution in [0.5, 0.6) is 0 Å². The summed E-state index contributed by atoms with van der Waals surface area (Å²) in [4.78, 5) is 22.7. The molecule has 0 saturated heterocycles. The van der Waals surface area contributed by atoms with Gasteiger partial charge in [-0.05, 0) is 81.8 Å². The summed E-state index contributed by atoms with van der Waals surface area (Å²) in [6, 6.07) is 17.8. The van der Waals surface area contributed by atoms with Crippen molar-refractivity contribution in [1.29, 1.82) is 0 Å². The fourth-order valence-corrected chi connectivity index (χ4v) is 6.99. The molecule has 0 bridgehead atoms. The number of hydrogen-bond acceptors (Lipinski definition) is 5. The Labute approximate surface area is 228 Å². The lowest BCUT2D eigenvalue weighted by Gasteiger charge is -2.42. The highest BCUT2D eigenvalue weighted by atomic mass is 19.1. The maximum Gasteiger partial charge on any atom is 0.335 e. The third kappa shape index (κ3) is 5.80. The highest BCUT2D eigenvalue weighted by molar-refractivity contribution is 5.86. The fraction of sp³-hybridized carbons (Fsp3) is 0.562. The number of esters is 1. The van der Waals surface area contributed by atoms with Crippen LogP contribution in [0.3, 0.4) is 0 Å². The summed E-state index contributed by atoms with van der Waals surface area (Å²) in [5.74, 6) is 0.575. The maximum atomic E-state index is 14.0. The van der Waals surface area contributed by atoms with E-state index in [-0.39, 0.29) is 29.9 Å². The molecule has 1 heterocycles. The Morgan fingerprint density at radius 2 is 1.79 bits per heavy atom. The Morgan fingerprint density at radius 3 is 2.39 bits per heavy atom. The molecule has 1 aliphatic carbocycles. The van der Waals surface area contributed by atoms with Gasteiger partial charge in [0.25, 0.3) is 0 Å². The average molecular weight is 522 g/mol. The molecule has 4 rings (SSSR count). The van der Waals surface area contributed by atoms with Crippen molar-refractivity contribution in [3.63, 3.8) is 0 Å². The van der Waals surface area contributed by atoms with Gasteiger partial charge in [-0.15, -0.1) is 0 Å². The molecule has 2 aromatic rings. The first-order chi connectivity index (χ1) is 18.3. The summed E-state index contributed by atoms with van der Waals surface area (Å²) in [6.07, 6.45) is 8.72. The summed E-state index contributed by atoms with van der Waals surface area (Å²) in [7, 11) is 5.67. The van der Waals surface area contributed by atoms with Crippen molar-refractivity contribution in [3.05, 3.63) is 71.5 Å². The van der Waals surface area contributed by atoms with Crippen LogP contribution in [-0.2, 0) is 9.53 Å². The van der Waals surface area contributed by atoms with Crippen molar-refractivity contribution in [2.75, 3.05) is 21.2 Å². The van der Waals surface area contributed by atoms with Crippen molar-refractivity contribution in [3.8, 4) is 0 Å². The average Bonchev–Trinajstić information content (AvgIpc) is 3.28. The molecular weight excluding hydrogens is 477 g/mol. The standard InChI is InChI=1S/C32H44FN3O2/c1-6-19-32(31(37)38-5)29(36(22-34-32)23(2)25-11-8-7-9-12-25)20-24-15-17-26(18-16-24)30(35(3)4)27-13-10-14-28(33)21-27/h7-14,21-24,26,29-30H,6,15-20H2,1-5H3. The van der Waals surface area contributed by atoms with Crippen LogP contribution in [0.25, 0.3) is 0 Å². The van der Waals surface area contributed by atoms with Crippen molar-refractivity contribution < 1.29 is 13.9 Å². The number of rotatable bonds is 10. The van der Waals surface area contributed by atoms with Crippen molar-refractivity contribution in [2.45, 2.75) is 82.5 Å². The number of ether oxygens (including phenoxy) is 1. The van der Waals surface area contributed by atoms with Gasteiger partial charge in [-0.1, -0.05) is 68.7 Å². The minimum absolute atomic E-state index is 0.0421. The summed E-state index contributed by atoms with van der Waals surface area (Å²) in [5, 5.41) is 0. The number of carbonyl (C=O) groups is 1. The number of aliphatic imine (C=N–C) groups is 1. The molecule has 38 heavy (non-hydrogen) atoms. The van der Waals surface area contributed by atoms with Crippen LogP contribution in [0.2, 0.25) is 0 Å². The van der Waals surface area contributed by atoms with Crippen LogP contribution in [-0.4, -0.2) is 54.9 Å². The van der Waals surface area contributed by atoms with Crippen molar-refractivity contribution in [1.82, 2.24) is 9.80 Å². The van der Waals surface area contributed by atoms with Crippen LogP contribution >= 0.6 is 0 Å². The molecular formula is C32H44FN3O2. The number of nitrogens with zero attached hydrogens (tertiary/aromatic N) is 3. The maximum absolute atomic E-state index is 14.0. The lowest BCUT2D eigenvalue weighted by Crippen LogP contribution is -2.53. The van der Waals surface area contributed by atoms with E-state index >= 15 is 0 Å². The second kappa shape index (κ2) is 12.4. The molecule has 206 valence electrons. The molecule has 4 unspecified atom stereocenters. The van der Waals surface area contributed by atoms with E-state index in [0.717, 1.165) is 44.1 Å². The molecule has 1 fully saturated rings. The first-order valence-corrected chi connectivity index (χ1v) is 14.2. The number of benzene rings is 2. The number of carbonyl (C=O) groups excluding carboxylic acids is 1. The summed E-state index contributed by atoms with van der Waals surface area (Å²) in [5.41, 5.74) is 1.41. The van der Waals surface area contributed by atoms with Gasteiger partial charge in [-0.2, -0.15) is 0 Å². The van der Waals surface area contributed by atoms with Gasteiger partial charge >= 0.3 is 5.97 Å². The first-order valence-electron chi connectivity index (χ1n) is 14.2. The van der Waals surface area contributed by atoms with Crippen LogP contribution in [0.15, 0.2) is 59.6 Å². The molecule has 0 spiro atoms. The van der Waals surface area contributed by atoms with E-state index in [9.17, 15) is 9.18 Å². The SMILES string of the molecule is CCCC1(C(=O)OC)N=CN(C(C)c2ccccc2)C1CC1CCC(C(c2cccc(F)c2)N(C)C)CC1. The zero-order valence-electron chi connectivity index (χ0n) is 23.6. The summed E-state index contributed by atoms with van der Waals surface area (Å²) < 4.78 is 19.4. The summed E-state index contributed by atoms with van der Waals surface area (Å²) in [6.45, 7) is 4.31. The van der Waals surface area contributed by atoms with Crippen molar-refractivity contribution >= 4 is 12.3 Å². The molecule has 0 aromatic heterocycles. The second-order valence-corrected chi connectivity index (χ2v) is 11.4. The van der Waals surface area contributed by atoms with Crippen LogP contribution < -0.4 is 0 Å². The Hall–Kier alpha value is -2.73. The quantitative estimate of drug-likeness (QED) is 0.322. The third-order valence-corrected chi connectivity index (χ3v) is 8.87. The van der Waals surface area contributed by atoms with Gasteiger partial charge in [-0.25, -0.2) is 9.18 Å². The minimum Gasteiger partial charge on any atom is -0.467 e. The highest BCUT2D eigenvalue weighted by Crippen LogP contribution is 2.45. The Morgan fingerprint density at radius 1 is 1.11 bits per heavy atom. The number of hydrogen-bond donors (Lipinski definition) is 0. The molecule has 5 nitrogen and oxygen atoms in total. The van der Waals surface area contributed by atoms with Gasteiger partial charge in [0.2, 0.25) is 0 Å². The van der Waals surface area contributed by atoms with E-state index in [4.69, 9.17) is 9.73 Å². The lowest BCUT2D eigenvalue weighted by molar-refractivity contribution is -0.149. The van der Waals surface area contributed by atoms with Crippen molar-refractivity contribution in [2.24, 2.45) is 16.8 Å². The monoisotopic (exact) mass is 521 g/mol. The van der Waals surface area contributed by atoms with E-state index in [2.05, 4.69) is 62.0 Å². The first kappa shape index (κ1) is 28.3. The largest absolute Gasteiger partial charge is 0.467 e. The molecule has 4 atom stereocenters. The van der Waals surface area contributed by atoms with Gasteiger partial charge in [0, 0.05) is 6.04 Å². The zero-order chi connectivity index (χ0) is 27.3. The van der Waals surface area contributed by atoms with Crippen LogP contribution in [0.4, 0.5) is 4.39 Å².